The highest BCUT2D eigenvalue weighted by Gasteiger charge is 2.42. The highest BCUT2D eigenvalue weighted by Crippen LogP contribution is 2.49. The molecule has 2 rings (SSSR count). The molecule has 2 aliphatic rings. The third-order valence-electron chi connectivity index (χ3n) is 6.00. The summed E-state index contributed by atoms with van der Waals surface area (Å²) in [6, 6.07) is -0.345. The van der Waals surface area contributed by atoms with E-state index < -0.39 is 6.03 Å². The Morgan fingerprint density at radius 2 is 1.92 bits per heavy atom. The van der Waals surface area contributed by atoms with E-state index in [0.717, 1.165) is 11.8 Å². The van der Waals surface area contributed by atoms with E-state index in [9.17, 15) is 14.4 Å². The molecule has 3 amide bonds. The summed E-state index contributed by atoms with van der Waals surface area (Å²) in [6.07, 6.45) is 5.08. The van der Waals surface area contributed by atoms with E-state index in [4.69, 9.17) is 4.74 Å². The molecule has 5 atom stereocenters. The van der Waals surface area contributed by atoms with E-state index >= 15 is 0 Å². The Balaban J connectivity index is 1.73. The average molecular weight is 367 g/mol. The summed E-state index contributed by atoms with van der Waals surface area (Å²) >= 11 is 0. The Morgan fingerprint density at radius 1 is 1.19 bits per heavy atom. The minimum Gasteiger partial charge on any atom is -0.469 e. The zero-order valence-corrected chi connectivity index (χ0v) is 16.4. The fraction of sp³-hybridized carbons (Fsp3) is 0.842. The molecule has 0 saturated heterocycles. The van der Waals surface area contributed by atoms with Gasteiger partial charge in [-0.1, -0.05) is 20.3 Å². The van der Waals surface area contributed by atoms with Gasteiger partial charge in [-0.05, 0) is 50.5 Å². The van der Waals surface area contributed by atoms with Crippen LogP contribution in [0.25, 0.3) is 0 Å². The van der Waals surface area contributed by atoms with Crippen LogP contribution in [0.4, 0.5) is 4.79 Å². The smallest absolute Gasteiger partial charge is 0.321 e. The van der Waals surface area contributed by atoms with Crippen LogP contribution in [0.5, 0.6) is 0 Å². The topological polar surface area (TPSA) is 87.7 Å². The predicted molar refractivity (Wildman–Crippen MR) is 98.4 cm³/mol. The van der Waals surface area contributed by atoms with Crippen LogP contribution in [-0.2, 0) is 14.3 Å². The number of fused-ring (bicyclic) bond motifs is 2. The van der Waals surface area contributed by atoms with Gasteiger partial charge in [0.25, 0.3) is 0 Å². The fourth-order valence-corrected chi connectivity index (χ4v) is 4.59. The van der Waals surface area contributed by atoms with E-state index in [2.05, 4.69) is 10.6 Å². The number of amides is 3. The lowest BCUT2D eigenvalue weighted by atomic mass is 9.84. The molecule has 2 aliphatic carbocycles. The molecule has 2 N–H and O–H groups in total. The Morgan fingerprint density at radius 3 is 2.46 bits per heavy atom. The number of imide groups is 1. The molecule has 148 valence electrons. The fourth-order valence-electron chi connectivity index (χ4n) is 4.59. The van der Waals surface area contributed by atoms with E-state index in [1.165, 1.54) is 32.8 Å². The van der Waals surface area contributed by atoms with Crippen LogP contribution in [0.1, 0.15) is 46.5 Å². The maximum Gasteiger partial charge on any atom is 0.321 e. The second-order valence-corrected chi connectivity index (χ2v) is 7.90. The summed E-state index contributed by atoms with van der Waals surface area (Å²) in [5, 5.41) is 5.35. The van der Waals surface area contributed by atoms with Crippen LogP contribution in [0.15, 0.2) is 0 Å². The molecular weight excluding hydrogens is 334 g/mol. The summed E-state index contributed by atoms with van der Waals surface area (Å²) < 4.78 is 4.71. The van der Waals surface area contributed by atoms with Crippen molar-refractivity contribution in [2.75, 3.05) is 26.7 Å². The summed E-state index contributed by atoms with van der Waals surface area (Å²) in [4.78, 5) is 37.6. The average Bonchev–Trinajstić information content (AvgIpc) is 3.23. The molecule has 2 saturated carbocycles. The van der Waals surface area contributed by atoms with Crippen molar-refractivity contribution in [1.82, 2.24) is 15.5 Å². The SMILES string of the molecule is CCN(CC(=O)NC(=O)NC(C)C1CC2CCC1C2)CC(C)C(=O)OC. The number of ether oxygens (including phenoxy) is 1. The minimum absolute atomic E-state index is 0.0771. The number of esters is 1. The Hall–Kier alpha value is -1.63. The van der Waals surface area contributed by atoms with Crippen molar-refractivity contribution in [3.8, 4) is 0 Å². The predicted octanol–water partition coefficient (Wildman–Crippen LogP) is 1.77. The standard InChI is InChI=1S/C19H33N3O4/c1-5-22(10-12(2)18(24)26-4)11-17(23)21-19(25)20-13(3)16-9-14-6-7-15(16)8-14/h12-16H,5-11H2,1-4H3,(H2,20,21,23,25). The molecule has 0 spiro atoms. The maximum atomic E-state index is 12.1. The number of carbonyl (C=O) groups is 3. The first-order valence-corrected chi connectivity index (χ1v) is 9.74. The van der Waals surface area contributed by atoms with Gasteiger partial charge in [-0.3, -0.25) is 19.8 Å². The zero-order chi connectivity index (χ0) is 19.3. The number of hydrogen-bond acceptors (Lipinski definition) is 5. The molecule has 0 aromatic carbocycles. The first-order valence-electron chi connectivity index (χ1n) is 9.74. The van der Waals surface area contributed by atoms with E-state index in [-0.39, 0.29) is 30.4 Å². The number of carbonyl (C=O) groups excluding carboxylic acids is 3. The van der Waals surface area contributed by atoms with Crippen molar-refractivity contribution in [1.29, 1.82) is 0 Å². The molecule has 7 nitrogen and oxygen atoms in total. The van der Waals surface area contributed by atoms with Crippen LogP contribution in [0.2, 0.25) is 0 Å². The molecule has 7 heteroatoms. The Labute approximate surface area is 156 Å². The van der Waals surface area contributed by atoms with Gasteiger partial charge in [0.2, 0.25) is 5.91 Å². The molecule has 5 unspecified atom stereocenters. The largest absolute Gasteiger partial charge is 0.469 e. The lowest BCUT2D eigenvalue weighted by Crippen LogP contribution is -2.49. The third kappa shape index (κ3) is 5.43. The number of urea groups is 1. The van der Waals surface area contributed by atoms with Crippen LogP contribution in [0.3, 0.4) is 0 Å². The normalized spacial score (nSPS) is 26.4. The summed E-state index contributed by atoms with van der Waals surface area (Å²) in [6.45, 7) is 6.81. The monoisotopic (exact) mass is 367 g/mol. The molecule has 0 heterocycles. The highest BCUT2D eigenvalue weighted by molar-refractivity contribution is 5.95. The number of hydrogen-bond donors (Lipinski definition) is 2. The van der Waals surface area contributed by atoms with Gasteiger partial charge < -0.3 is 10.1 Å². The van der Waals surface area contributed by atoms with Crippen LogP contribution in [-0.4, -0.2) is 55.6 Å². The van der Waals surface area contributed by atoms with Crippen molar-refractivity contribution in [2.45, 2.75) is 52.5 Å². The Bertz CT molecular complexity index is 525. The van der Waals surface area contributed by atoms with Crippen molar-refractivity contribution in [2.24, 2.45) is 23.7 Å². The van der Waals surface area contributed by atoms with Crippen molar-refractivity contribution >= 4 is 17.9 Å². The van der Waals surface area contributed by atoms with Gasteiger partial charge in [0.15, 0.2) is 0 Å². The number of nitrogens with one attached hydrogen (secondary N) is 2. The summed E-state index contributed by atoms with van der Waals surface area (Å²) in [7, 11) is 1.35. The second-order valence-electron chi connectivity index (χ2n) is 7.90. The molecule has 0 aromatic rings. The van der Waals surface area contributed by atoms with Gasteiger partial charge in [-0.25, -0.2) is 4.79 Å². The first-order chi connectivity index (χ1) is 12.3. The van der Waals surface area contributed by atoms with Gasteiger partial charge in [0.1, 0.15) is 0 Å². The van der Waals surface area contributed by atoms with Crippen LogP contribution >= 0.6 is 0 Å². The maximum absolute atomic E-state index is 12.1. The molecule has 0 radical (unpaired) electrons. The third-order valence-corrected chi connectivity index (χ3v) is 6.00. The lowest BCUT2D eigenvalue weighted by molar-refractivity contribution is -0.145. The van der Waals surface area contributed by atoms with Gasteiger partial charge in [-0.15, -0.1) is 0 Å². The molecule has 26 heavy (non-hydrogen) atoms. The summed E-state index contributed by atoms with van der Waals surface area (Å²) in [5.41, 5.74) is 0. The summed E-state index contributed by atoms with van der Waals surface area (Å²) in [5.74, 6) is 1.10. The van der Waals surface area contributed by atoms with Crippen molar-refractivity contribution in [3.05, 3.63) is 0 Å². The number of methoxy groups -OCH3 is 1. The lowest BCUT2D eigenvalue weighted by Gasteiger charge is -2.28. The minimum atomic E-state index is -0.428. The van der Waals surface area contributed by atoms with Crippen molar-refractivity contribution < 1.29 is 19.1 Å². The zero-order valence-electron chi connectivity index (χ0n) is 16.4. The molecule has 2 bridgehead atoms. The molecule has 2 fully saturated rings. The van der Waals surface area contributed by atoms with Gasteiger partial charge in [0, 0.05) is 12.6 Å². The van der Waals surface area contributed by atoms with Gasteiger partial charge in [-0.2, -0.15) is 0 Å². The molecule has 0 aliphatic heterocycles. The Kier molecular flexibility index (Phi) is 7.43. The molecule has 0 aromatic heterocycles. The first kappa shape index (κ1) is 20.7. The number of likely N-dealkylation sites (N-methyl/N-ethyl adjacent to an activating group) is 1. The van der Waals surface area contributed by atoms with E-state index in [0.29, 0.717) is 19.0 Å². The molecular formula is C19H33N3O4. The second kappa shape index (κ2) is 9.35. The number of nitrogens with zero attached hydrogens (tertiary/aromatic N) is 1. The van der Waals surface area contributed by atoms with Crippen LogP contribution in [0, 0.1) is 23.7 Å². The van der Waals surface area contributed by atoms with Crippen LogP contribution < -0.4 is 10.6 Å². The van der Waals surface area contributed by atoms with E-state index in [1.807, 2.05) is 18.7 Å². The van der Waals surface area contributed by atoms with Gasteiger partial charge in [0.05, 0.1) is 19.6 Å². The number of rotatable bonds is 8. The van der Waals surface area contributed by atoms with Gasteiger partial charge >= 0.3 is 12.0 Å². The van der Waals surface area contributed by atoms with E-state index in [1.54, 1.807) is 6.92 Å². The van der Waals surface area contributed by atoms with Crippen molar-refractivity contribution in [3.63, 3.8) is 0 Å². The highest BCUT2D eigenvalue weighted by atomic mass is 16.5. The quantitative estimate of drug-likeness (QED) is 0.639.